The number of carbonyl (C=O) groups is 2. The smallest absolute Gasteiger partial charge is 0.326 e. The van der Waals surface area contributed by atoms with E-state index in [1.165, 1.54) is 23.8 Å². The summed E-state index contributed by atoms with van der Waals surface area (Å²) in [5, 5.41) is 9.54. The summed E-state index contributed by atoms with van der Waals surface area (Å²) >= 11 is 0.919. The molecule has 0 radical (unpaired) electrons. The quantitative estimate of drug-likeness (QED) is 0.700. The molecule has 0 aliphatic carbocycles. The minimum Gasteiger partial charge on any atom is -0.497 e. The lowest BCUT2D eigenvalue weighted by molar-refractivity contribution is -0.140. The second-order valence-corrected chi connectivity index (χ2v) is 6.91. The Labute approximate surface area is 162 Å². The zero-order chi connectivity index (χ0) is 20.4. The highest BCUT2D eigenvalue weighted by atomic mass is 32.1. The van der Waals surface area contributed by atoms with E-state index in [-0.39, 0.29) is 22.3 Å². The number of carboxylic acid groups (broad SMARTS) is 1. The van der Waals surface area contributed by atoms with Crippen molar-refractivity contribution in [3.63, 3.8) is 0 Å². The highest BCUT2D eigenvalue weighted by Gasteiger charge is 2.23. The van der Waals surface area contributed by atoms with Crippen molar-refractivity contribution in [3.05, 3.63) is 58.4 Å². The molecule has 3 rings (SSSR count). The van der Waals surface area contributed by atoms with Gasteiger partial charge in [-0.1, -0.05) is 18.3 Å². The predicted molar refractivity (Wildman–Crippen MR) is 99.6 cm³/mol. The topological polar surface area (TPSA) is 80.9 Å². The molecule has 146 valence electrons. The average molecular weight is 406 g/mol. The number of carbonyl (C=O) groups excluding carboxylic acids is 1. The van der Waals surface area contributed by atoms with Crippen molar-refractivity contribution >= 4 is 33.4 Å². The Balaban J connectivity index is 2.21. The van der Waals surface area contributed by atoms with Crippen LogP contribution in [0.2, 0.25) is 0 Å². The number of benzene rings is 2. The van der Waals surface area contributed by atoms with Gasteiger partial charge in [-0.05, 0) is 36.8 Å². The van der Waals surface area contributed by atoms with Crippen LogP contribution in [0, 0.1) is 11.6 Å². The van der Waals surface area contributed by atoms with Gasteiger partial charge in [0.2, 0.25) is 0 Å². The van der Waals surface area contributed by atoms with E-state index in [0.717, 1.165) is 23.5 Å². The molecule has 1 heterocycles. The maximum atomic E-state index is 13.8. The summed E-state index contributed by atoms with van der Waals surface area (Å²) in [4.78, 5) is 28.3. The molecule has 0 aliphatic heterocycles. The minimum absolute atomic E-state index is 0.0510. The summed E-state index contributed by atoms with van der Waals surface area (Å²) < 4.78 is 34.0. The molecule has 0 aliphatic rings. The van der Waals surface area contributed by atoms with Crippen LogP contribution in [-0.4, -0.2) is 28.7 Å². The number of halogens is 2. The normalized spacial score (nSPS) is 12.9. The third kappa shape index (κ3) is 3.65. The van der Waals surface area contributed by atoms with E-state index in [1.54, 1.807) is 19.1 Å². The number of hydrogen-bond acceptors (Lipinski definition) is 4. The van der Waals surface area contributed by atoms with Crippen molar-refractivity contribution in [1.82, 2.24) is 4.57 Å². The highest BCUT2D eigenvalue weighted by molar-refractivity contribution is 7.16. The third-order valence-corrected chi connectivity index (χ3v) is 5.20. The number of nitrogens with zero attached hydrogens (tertiary/aromatic N) is 2. The van der Waals surface area contributed by atoms with Crippen LogP contribution >= 0.6 is 11.3 Å². The number of rotatable bonds is 5. The predicted octanol–water partition coefficient (Wildman–Crippen LogP) is 3.77. The Kier molecular flexibility index (Phi) is 5.55. The first-order valence-corrected chi connectivity index (χ1v) is 9.13. The molecule has 0 saturated carbocycles. The molecule has 2 aromatic carbocycles. The van der Waals surface area contributed by atoms with Crippen LogP contribution in [0.15, 0.2) is 41.4 Å². The van der Waals surface area contributed by atoms with E-state index in [0.29, 0.717) is 10.4 Å². The Morgan fingerprint density at radius 3 is 2.43 bits per heavy atom. The van der Waals surface area contributed by atoms with Gasteiger partial charge in [0, 0.05) is 11.6 Å². The minimum atomic E-state index is -1.16. The van der Waals surface area contributed by atoms with E-state index in [9.17, 15) is 23.5 Å². The lowest BCUT2D eigenvalue weighted by Crippen LogP contribution is -2.27. The summed E-state index contributed by atoms with van der Waals surface area (Å²) in [5.41, 5.74) is 0.435. The van der Waals surface area contributed by atoms with E-state index in [4.69, 9.17) is 4.74 Å². The highest BCUT2D eigenvalue weighted by Crippen LogP contribution is 2.25. The number of ether oxygens (including phenoxy) is 1. The van der Waals surface area contributed by atoms with Gasteiger partial charge in [0.05, 0.1) is 17.3 Å². The maximum Gasteiger partial charge on any atom is 0.326 e. The fourth-order valence-electron chi connectivity index (χ4n) is 2.77. The molecule has 1 unspecified atom stereocenters. The third-order valence-electron chi connectivity index (χ3n) is 4.19. The number of fused-ring (bicyclic) bond motifs is 1. The number of carboxylic acids is 1. The van der Waals surface area contributed by atoms with Gasteiger partial charge in [0.1, 0.15) is 11.8 Å². The molecule has 0 spiro atoms. The van der Waals surface area contributed by atoms with Gasteiger partial charge in [0.25, 0.3) is 5.91 Å². The number of aromatic nitrogens is 1. The summed E-state index contributed by atoms with van der Waals surface area (Å²) in [7, 11) is 1.50. The summed E-state index contributed by atoms with van der Waals surface area (Å²) in [6.45, 7) is 1.64. The second kappa shape index (κ2) is 7.89. The zero-order valence-corrected chi connectivity index (χ0v) is 15.8. The van der Waals surface area contributed by atoms with Gasteiger partial charge in [-0.2, -0.15) is 4.99 Å². The van der Waals surface area contributed by atoms with Crippen LogP contribution < -0.4 is 9.54 Å². The zero-order valence-electron chi connectivity index (χ0n) is 15.0. The largest absolute Gasteiger partial charge is 0.497 e. The molecule has 1 atom stereocenters. The number of thiazole rings is 1. The molecule has 9 heteroatoms. The first kappa shape index (κ1) is 19.7. The fourth-order valence-corrected chi connectivity index (χ4v) is 3.84. The van der Waals surface area contributed by atoms with Crippen LogP contribution in [0.4, 0.5) is 8.78 Å². The van der Waals surface area contributed by atoms with Crippen LogP contribution in [0.25, 0.3) is 10.2 Å². The molecule has 1 aromatic heterocycles. The second-order valence-electron chi connectivity index (χ2n) is 5.90. The van der Waals surface area contributed by atoms with E-state index >= 15 is 0 Å². The van der Waals surface area contributed by atoms with E-state index in [1.807, 2.05) is 0 Å². The Morgan fingerprint density at radius 2 is 1.86 bits per heavy atom. The Morgan fingerprint density at radius 1 is 1.21 bits per heavy atom. The Hall–Kier alpha value is -3.07. The molecular weight excluding hydrogens is 390 g/mol. The van der Waals surface area contributed by atoms with Crippen molar-refractivity contribution in [2.24, 2.45) is 4.99 Å². The van der Waals surface area contributed by atoms with Crippen LogP contribution in [0.1, 0.15) is 29.7 Å². The van der Waals surface area contributed by atoms with Gasteiger partial charge >= 0.3 is 5.97 Å². The van der Waals surface area contributed by atoms with Gasteiger partial charge < -0.3 is 14.4 Å². The lowest BCUT2D eigenvalue weighted by atomic mass is 10.2. The van der Waals surface area contributed by atoms with Crippen LogP contribution in [0.5, 0.6) is 5.75 Å². The molecule has 0 bridgehead atoms. The summed E-state index contributed by atoms with van der Waals surface area (Å²) in [6.07, 6.45) is 0.171. The van der Waals surface area contributed by atoms with Gasteiger partial charge in [-0.3, -0.25) is 4.79 Å². The number of methoxy groups -OCH3 is 1. The van der Waals surface area contributed by atoms with Gasteiger partial charge in [0.15, 0.2) is 16.4 Å². The van der Waals surface area contributed by atoms with E-state index < -0.39 is 29.6 Å². The van der Waals surface area contributed by atoms with E-state index in [2.05, 4.69) is 4.99 Å². The van der Waals surface area contributed by atoms with Crippen molar-refractivity contribution in [3.8, 4) is 5.75 Å². The van der Waals surface area contributed by atoms with Gasteiger partial charge in [-0.15, -0.1) is 0 Å². The van der Waals surface area contributed by atoms with Crippen LogP contribution in [-0.2, 0) is 4.79 Å². The maximum absolute atomic E-state index is 13.8. The molecule has 0 saturated heterocycles. The number of hydrogen-bond donors (Lipinski definition) is 1. The SMILES string of the molecule is CCC(C(=O)O)n1c(=NC(=O)c2ccc(OC)cc2)sc2cc(F)c(F)cc21. The van der Waals surface area contributed by atoms with Crippen molar-refractivity contribution in [1.29, 1.82) is 0 Å². The molecular formula is C19H16F2N2O4S. The van der Waals surface area contributed by atoms with Crippen LogP contribution in [0.3, 0.4) is 0 Å². The van der Waals surface area contributed by atoms with Crippen molar-refractivity contribution < 1.29 is 28.2 Å². The molecule has 28 heavy (non-hydrogen) atoms. The van der Waals surface area contributed by atoms with Gasteiger partial charge in [-0.25, -0.2) is 13.6 Å². The fraction of sp³-hybridized carbons (Fsp3) is 0.211. The number of amides is 1. The first-order chi connectivity index (χ1) is 13.3. The molecule has 6 nitrogen and oxygen atoms in total. The standard InChI is InChI=1S/C19H16F2N2O4S/c1-3-14(18(25)26)23-15-8-12(20)13(21)9-16(15)28-19(23)22-17(24)10-4-6-11(27-2)7-5-10/h4-9,14H,3H2,1-2H3,(H,25,26). The molecule has 3 aromatic rings. The molecule has 0 fully saturated rings. The lowest BCUT2D eigenvalue weighted by Gasteiger charge is -2.13. The average Bonchev–Trinajstić information content (AvgIpc) is 2.99. The Bertz CT molecular complexity index is 1120. The first-order valence-electron chi connectivity index (χ1n) is 8.31. The molecule has 1 amide bonds. The number of aliphatic carboxylic acids is 1. The molecule has 1 N–H and O–H groups in total. The van der Waals surface area contributed by atoms with Crippen molar-refractivity contribution in [2.45, 2.75) is 19.4 Å². The summed E-state index contributed by atoms with van der Waals surface area (Å²) in [5.74, 6) is -3.37. The summed E-state index contributed by atoms with van der Waals surface area (Å²) in [6, 6.07) is 7.05. The monoisotopic (exact) mass is 406 g/mol. The van der Waals surface area contributed by atoms with Crippen molar-refractivity contribution in [2.75, 3.05) is 7.11 Å².